The molecule has 0 aliphatic carbocycles. The van der Waals surface area contributed by atoms with Crippen molar-refractivity contribution in [2.75, 3.05) is 10.6 Å². The molecule has 2 heterocycles. The van der Waals surface area contributed by atoms with Gasteiger partial charge in [0.15, 0.2) is 10.9 Å². The number of benzene rings is 2. The Morgan fingerprint density at radius 2 is 2.00 bits per heavy atom. The Bertz CT molecular complexity index is 1170. The van der Waals surface area contributed by atoms with Crippen LogP contribution in [0.25, 0.3) is 10.2 Å². The quantitative estimate of drug-likeness (QED) is 0.334. The van der Waals surface area contributed by atoms with E-state index >= 15 is 0 Å². The summed E-state index contributed by atoms with van der Waals surface area (Å²) in [4.78, 5) is 26.9. The van der Waals surface area contributed by atoms with Crippen molar-refractivity contribution >= 4 is 44.0 Å². The van der Waals surface area contributed by atoms with E-state index in [0.717, 1.165) is 21.5 Å². The lowest BCUT2D eigenvalue weighted by molar-refractivity contribution is -0.384. The van der Waals surface area contributed by atoms with Crippen LogP contribution in [0.3, 0.4) is 0 Å². The molecular weight excluding hydrogens is 392 g/mol. The van der Waals surface area contributed by atoms with Crippen LogP contribution in [0.5, 0.6) is 0 Å². The minimum atomic E-state index is -0.415. The third-order valence-electron chi connectivity index (χ3n) is 4.34. The molecule has 0 aliphatic rings. The second-order valence-electron chi connectivity index (χ2n) is 6.35. The molecule has 2 aromatic carbocycles. The highest BCUT2D eigenvalue weighted by Crippen LogP contribution is 2.30. The molecule has 0 radical (unpaired) electrons. The number of hydrogen-bond donors (Lipinski definition) is 2. The van der Waals surface area contributed by atoms with Crippen LogP contribution < -0.4 is 10.6 Å². The lowest BCUT2D eigenvalue weighted by Gasteiger charge is -2.15. The fourth-order valence-corrected chi connectivity index (χ4v) is 3.75. The average Bonchev–Trinajstić information content (AvgIpc) is 3.37. The molecule has 2 aromatic heterocycles. The summed E-state index contributed by atoms with van der Waals surface area (Å²) in [7, 11) is 0. The topological polar surface area (TPSA) is 110 Å². The molecule has 0 saturated carbocycles. The van der Waals surface area contributed by atoms with Gasteiger partial charge in [-0.05, 0) is 42.8 Å². The van der Waals surface area contributed by atoms with Gasteiger partial charge in [-0.2, -0.15) is 0 Å². The van der Waals surface area contributed by atoms with E-state index in [1.807, 2.05) is 25.1 Å². The summed E-state index contributed by atoms with van der Waals surface area (Å²) in [5.41, 5.74) is 2.66. The zero-order valence-electron chi connectivity index (χ0n) is 15.3. The van der Waals surface area contributed by atoms with E-state index in [-0.39, 0.29) is 23.4 Å². The van der Waals surface area contributed by atoms with Gasteiger partial charge in [-0.25, -0.2) is 4.98 Å². The number of anilines is 2. The summed E-state index contributed by atoms with van der Waals surface area (Å²) < 4.78 is 6.00. The minimum Gasteiger partial charge on any atom is -0.459 e. The van der Waals surface area contributed by atoms with Crippen LogP contribution >= 0.6 is 11.3 Å². The Morgan fingerprint density at radius 3 is 2.69 bits per heavy atom. The van der Waals surface area contributed by atoms with Gasteiger partial charge in [-0.3, -0.25) is 20.2 Å². The number of rotatable bonds is 6. The first kappa shape index (κ1) is 18.6. The summed E-state index contributed by atoms with van der Waals surface area (Å²) in [6, 6.07) is 15.4. The molecule has 0 fully saturated rings. The molecule has 0 spiro atoms. The van der Waals surface area contributed by atoms with Gasteiger partial charge >= 0.3 is 0 Å². The minimum absolute atomic E-state index is 0.0423. The van der Waals surface area contributed by atoms with E-state index in [1.54, 1.807) is 24.3 Å². The van der Waals surface area contributed by atoms with Gasteiger partial charge in [0.25, 0.3) is 11.6 Å². The summed E-state index contributed by atoms with van der Waals surface area (Å²) in [6.45, 7) is 1.98. The van der Waals surface area contributed by atoms with Crippen LogP contribution in [0.1, 0.15) is 29.1 Å². The Kier molecular flexibility index (Phi) is 4.96. The van der Waals surface area contributed by atoms with Gasteiger partial charge in [0.05, 0.1) is 21.4 Å². The first-order valence-electron chi connectivity index (χ1n) is 8.76. The van der Waals surface area contributed by atoms with Crippen molar-refractivity contribution in [2.45, 2.75) is 13.0 Å². The summed E-state index contributed by atoms with van der Waals surface area (Å²) in [6.07, 6.45) is 1.44. The normalized spacial score (nSPS) is 11.9. The van der Waals surface area contributed by atoms with Gasteiger partial charge in [-0.15, -0.1) is 0 Å². The lowest BCUT2D eigenvalue weighted by Crippen LogP contribution is -2.10. The molecule has 0 saturated heterocycles. The molecule has 4 aromatic rings. The van der Waals surface area contributed by atoms with Gasteiger partial charge in [-0.1, -0.05) is 23.5 Å². The van der Waals surface area contributed by atoms with E-state index < -0.39 is 4.92 Å². The summed E-state index contributed by atoms with van der Waals surface area (Å²) in [5.74, 6) is -0.122. The summed E-state index contributed by atoms with van der Waals surface area (Å²) in [5, 5.41) is 17.4. The van der Waals surface area contributed by atoms with E-state index in [4.69, 9.17) is 4.42 Å². The molecular formula is C20H16N4O4S. The maximum atomic E-state index is 12.1. The number of furan rings is 1. The second kappa shape index (κ2) is 7.72. The lowest BCUT2D eigenvalue weighted by atomic mass is 10.1. The number of amides is 1. The highest BCUT2D eigenvalue weighted by Gasteiger charge is 2.13. The van der Waals surface area contributed by atoms with Crippen molar-refractivity contribution in [3.63, 3.8) is 0 Å². The SMILES string of the molecule is CC(Nc1ccc2nc(NC(=O)c3ccco3)sc2c1)c1ccc([N+](=O)[O-])cc1. The van der Waals surface area contributed by atoms with Crippen LogP contribution in [0.4, 0.5) is 16.5 Å². The van der Waals surface area contributed by atoms with Crippen molar-refractivity contribution < 1.29 is 14.1 Å². The Balaban J connectivity index is 1.48. The number of thiazole rings is 1. The molecule has 1 amide bonds. The van der Waals surface area contributed by atoms with Crippen molar-refractivity contribution in [1.29, 1.82) is 0 Å². The smallest absolute Gasteiger partial charge is 0.293 e. The fraction of sp³-hybridized carbons (Fsp3) is 0.100. The van der Waals surface area contributed by atoms with Gasteiger partial charge in [0.2, 0.25) is 0 Å². The number of carbonyl (C=O) groups is 1. The van der Waals surface area contributed by atoms with Crippen LogP contribution in [-0.4, -0.2) is 15.8 Å². The number of aromatic nitrogens is 1. The van der Waals surface area contributed by atoms with Crippen molar-refractivity contribution in [2.24, 2.45) is 0 Å². The Morgan fingerprint density at radius 1 is 1.21 bits per heavy atom. The zero-order valence-corrected chi connectivity index (χ0v) is 16.1. The van der Waals surface area contributed by atoms with Crippen molar-refractivity contribution in [3.8, 4) is 0 Å². The molecule has 9 heteroatoms. The molecule has 29 heavy (non-hydrogen) atoms. The molecule has 0 aliphatic heterocycles. The van der Waals surface area contributed by atoms with Crippen LogP contribution in [0, 0.1) is 10.1 Å². The fourth-order valence-electron chi connectivity index (χ4n) is 2.85. The number of fused-ring (bicyclic) bond motifs is 1. The second-order valence-corrected chi connectivity index (χ2v) is 7.38. The maximum absolute atomic E-state index is 12.1. The number of hydrogen-bond acceptors (Lipinski definition) is 7. The van der Waals surface area contributed by atoms with Crippen molar-refractivity contribution in [3.05, 3.63) is 82.3 Å². The Labute approximate surface area is 169 Å². The van der Waals surface area contributed by atoms with Gasteiger partial charge in [0, 0.05) is 23.9 Å². The maximum Gasteiger partial charge on any atom is 0.293 e. The predicted molar refractivity (Wildman–Crippen MR) is 111 cm³/mol. The largest absolute Gasteiger partial charge is 0.459 e. The van der Waals surface area contributed by atoms with E-state index in [1.165, 1.54) is 29.7 Å². The molecule has 2 N–H and O–H groups in total. The third-order valence-corrected chi connectivity index (χ3v) is 5.27. The molecule has 0 bridgehead atoms. The molecule has 1 unspecified atom stereocenters. The number of nitrogens with zero attached hydrogens (tertiary/aromatic N) is 2. The molecule has 4 rings (SSSR count). The monoisotopic (exact) mass is 408 g/mol. The number of nitro benzene ring substituents is 1. The number of carbonyl (C=O) groups excluding carboxylic acids is 1. The van der Waals surface area contributed by atoms with E-state index in [9.17, 15) is 14.9 Å². The van der Waals surface area contributed by atoms with Crippen molar-refractivity contribution in [1.82, 2.24) is 4.98 Å². The first-order chi connectivity index (χ1) is 14.0. The average molecular weight is 408 g/mol. The zero-order chi connectivity index (χ0) is 20.4. The molecule has 1 atom stereocenters. The predicted octanol–water partition coefficient (Wildman–Crippen LogP) is 5.22. The number of nitro groups is 1. The standard InChI is InChI=1S/C20H16N4O4S/c1-12(13-4-7-15(8-5-13)24(26)27)21-14-6-9-16-18(11-14)29-20(22-16)23-19(25)17-3-2-10-28-17/h2-12,21H,1H3,(H,22,23,25). The molecule has 146 valence electrons. The van der Waals surface area contributed by atoms with E-state index in [0.29, 0.717) is 5.13 Å². The van der Waals surface area contributed by atoms with Gasteiger partial charge in [0.1, 0.15) is 0 Å². The van der Waals surface area contributed by atoms with Crippen LogP contribution in [0.15, 0.2) is 65.3 Å². The summed E-state index contributed by atoms with van der Waals surface area (Å²) >= 11 is 1.37. The Hall–Kier alpha value is -3.72. The number of non-ortho nitro benzene ring substituents is 1. The van der Waals surface area contributed by atoms with Crippen LogP contribution in [-0.2, 0) is 0 Å². The number of nitrogens with one attached hydrogen (secondary N) is 2. The van der Waals surface area contributed by atoms with Crippen LogP contribution in [0.2, 0.25) is 0 Å². The highest BCUT2D eigenvalue weighted by molar-refractivity contribution is 7.22. The first-order valence-corrected chi connectivity index (χ1v) is 9.57. The van der Waals surface area contributed by atoms with E-state index in [2.05, 4.69) is 15.6 Å². The van der Waals surface area contributed by atoms with Gasteiger partial charge < -0.3 is 9.73 Å². The highest BCUT2D eigenvalue weighted by atomic mass is 32.1. The third kappa shape index (κ3) is 4.09. The molecule has 8 nitrogen and oxygen atoms in total.